The molecule has 82 valence electrons. The summed E-state index contributed by atoms with van der Waals surface area (Å²) in [5.41, 5.74) is 0.884. The van der Waals surface area contributed by atoms with Gasteiger partial charge in [0.25, 0.3) is 0 Å². The van der Waals surface area contributed by atoms with Gasteiger partial charge in [-0.15, -0.1) is 0 Å². The van der Waals surface area contributed by atoms with Crippen molar-refractivity contribution in [3.05, 3.63) is 33.3 Å². The maximum Gasteiger partial charge on any atom is 0.0851 e. The van der Waals surface area contributed by atoms with Crippen LogP contribution in [0.2, 0.25) is 5.02 Å². The lowest BCUT2D eigenvalue weighted by Crippen LogP contribution is -2.12. The van der Waals surface area contributed by atoms with Gasteiger partial charge in [-0.25, -0.2) is 0 Å². The van der Waals surface area contributed by atoms with Crippen LogP contribution in [0.3, 0.4) is 0 Å². The summed E-state index contributed by atoms with van der Waals surface area (Å²) in [6.07, 6.45) is 0.440. The Morgan fingerprint density at radius 1 is 1.53 bits per heavy atom. The third-order valence-electron chi connectivity index (χ3n) is 2.69. The summed E-state index contributed by atoms with van der Waals surface area (Å²) < 4.78 is 6.12. The molecule has 0 aliphatic carbocycles. The van der Waals surface area contributed by atoms with Crippen molar-refractivity contribution in [1.82, 2.24) is 0 Å². The molecule has 1 N–H and O–H groups in total. The molecule has 2 nitrogen and oxygen atoms in total. The topological polar surface area (TPSA) is 29.5 Å². The van der Waals surface area contributed by atoms with E-state index in [-0.39, 0.29) is 5.92 Å². The standard InChI is InChI=1S/C11H12BrClO2/c12-10-5-8(13)1-2-9(10)11(14)7-3-4-15-6-7/h1-2,5,7,11,14H,3-4,6H2. The van der Waals surface area contributed by atoms with Crippen LogP contribution in [0.1, 0.15) is 18.1 Å². The number of benzene rings is 1. The summed E-state index contributed by atoms with van der Waals surface area (Å²) >= 11 is 9.25. The number of hydrogen-bond donors (Lipinski definition) is 1. The molecule has 4 heteroatoms. The normalized spacial score (nSPS) is 23.0. The zero-order valence-corrected chi connectivity index (χ0v) is 10.5. The van der Waals surface area contributed by atoms with Crippen LogP contribution in [0.5, 0.6) is 0 Å². The highest BCUT2D eigenvalue weighted by Gasteiger charge is 2.26. The van der Waals surface area contributed by atoms with Crippen LogP contribution in [0.25, 0.3) is 0 Å². The molecule has 1 aliphatic heterocycles. The van der Waals surface area contributed by atoms with E-state index in [1.54, 1.807) is 12.1 Å². The maximum atomic E-state index is 10.1. The van der Waals surface area contributed by atoms with Crippen LogP contribution in [0.4, 0.5) is 0 Å². The Hall–Kier alpha value is -0.0900. The fraction of sp³-hybridized carbons (Fsp3) is 0.455. The van der Waals surface area contributed by atoms with E-state index in [0.29, 0.717) is 11.6 Å². The average molecular weight is 292 g/mol. The average Bonchev–Trinajstić information content (AvgIpc) is 2.69. The molecule has 0 amide bonds. The highest BCUT2D eigenvalue weighted by molar-refractivity contribution is 9.10. The second kappa shape index (κ2) is 4.83. The molecule has 1 aliphatic rings. The monoisotopic (exact) mass is 290 g/mol. The molecule has 1 fully saturated rings. The maximum absolute atomic E-state index is 10.1. The minimum atomic E-state index is -0.473. The Balaban J connectivity index is 2.20. The van der Waals surface area contributed by atoms with Crippen molar-refractivity contribution in [3.63, 3.8) is 0 Å². The molecular weight excluding hydrogens is 279 g/mol. The third-order valence-corrected chi connectivity index (χ3v) is 3.61. The lowest BCUT2D eigenvalue weighted by molar-refractivity contribution is 0.0913. The molecule has 2 atom stereocenters. The van der Waals surface area contributed by atoms with Gasteiger partial charge in [0.15, 0.2) is 0 Å². The number of hydrogen-bond acceptors (Lipinski definition) is 2. The molecule has 0 saturated carbocycles. The van der Waals surface area contributed by atoms with Gasteiger partial charge in [-0.3, -0.25) is 0 Å². The first-order chi connectivity index (χ1) is 7.18. The number of ether oxygens (including phenoxy) is 1. The summed E-state index contributed by atoms with van der Waals surface area (Å²) in [5.74, 6) is 0.197. The van der Waals surface area contributed by atoms with Crippen LogP contribution < -0.4 is 0 Å². The Bertz CT molecular complexity index is 350. The van der Waals surface area contributed by atoms with E-state index >= 15 is 0 Å². The molecule has 1 aromatic carbocycles. The second-order valence-corrected chi connectivity index (χ2v) is 5.03. The first-order valence-corrected chi connectivity index (χ1v) is 6.06. The Morgan fingerprint density at radius 2 is 2.33 bits per heavy atom. The lowest BCUT2D eigenvalue weighted by Gasteiger charge is -2.18. The molecule has 1 heterocycles. The van der Waals surface area contributed by atoms with Crippen LogP contribution >= 0.6 is 27.5 Å². The fourth-order valence-corrected chi connectivity index (χ4v) is 2.71. The zero-order valence-electron chi connectivity index (χ0n) is 8.12. The Kier molecular flexibility index (Phi) is 3.67. The molecule has 0 aromatic heterocycles. The molecular formula is C11H12BrClO2. The fourth-order valence-electron chi connectivity index (χ4n) is 1.80. The summed E-state index contributed by atoms with van der Waals surface area (Å²) in [6, 6.07) is 5.45. The van der Waals surface area contributed by atoms with Gasteiger partial charge in [-0.2, -0.15) is 0 Å². The van der Waals surface area contributed by atoms with Crippen LogP contribution in [-0.2, 0) is 4.74 Å². The molecule has 15 heavy (non-hydrogen) atoms. The third kappa shape index (κ3) is 2.53. The summed E-state index contributed by atoms with van der Waals surface area (Å²) in [5, 5.41) is 10.8. The minimum absolute atomic E-state index is 0.197. The largest absolute Gasteiger partial charge is 0.388 e. The van der Waals surface area contributed by atoms with Gasteiger partial charge in [0.1, 0.15) is 0 Å². The highest BCUT2D eigenvalue weighted by atomic mass is 79.9. The van der Waals surface area contributed by atoms with Crippen molar-refractivity contribution in [2.24, 2.45) is 5.92 Å². The minimum Gasteiger partial charge on any atom is -0.388 e. The zero-order chi connectivity index (χ0) is 10.8. The van der Waals surface area contributed by atoms with Gasteiger partial charge >= 0.3 is 0 Å². The SMILES string of the molecule is OC(c1ccc(Cl)cc1Br)C1CCOC1. The quantitative estimate of drug-likeness (QED) is 0.907. The van der Waals surface area contributed by atoms with Gasteiger partial charge < -0.3 is 9.84 Å². The van der Waals surface area contributed by atoms with Gasteiger partial charge in [-0.1, -0.05) is 33.6 Å². The van der Waals surface area contributed by atoms with Crippen molar-refractivity contribution in [2.75, 3.05) is 13.2 Å². The van der Waals surface area contributed by atoms with E-state index in [1.807, 2.05) is 6.07 Å². The first-order valence-electron chi connectivity index (χ1n) is 4.89. The Morgan fingerprint density at radius 3 is 2.93 bits per heavy atom. The van der Waals surface area contributed by atoms with Crippen LogP contribution in [0.15, 0.2) is 22.7 Å². The van der Waals surface area contributed by atoms with E-state index in [0.717, 1.165) is 23.1 Å². The molecule has 0 spiro atoms. The first kappa shape index (κ1) is 11.4. The van der Waals surface area contributed by atoms with E-state index in [4.69, 9.17) is 16.3 Å². The van der Waals surface area contributed by atoms with E-state index in [9.17, 15) is 5.11 Å². The number of aliphatic hydroxyl groups is 1. The van der Waals surface area contributed by atoms with Crippen LogP contribution in [-0.4, -0.2) is 18.3 Å². The molecule has 2 unspecified atom stereocenters. The molecule has 0 radical (unpaired) electrons. The highest BCUT2D eigenvalue weighted by Crippen LogP contribution is 2.34. The summed E-state index contributed by atoms with van der Waals surface area (Å²) in [4.78, 5) is 0. The second-order valence-electron chi connectivity index (χ2n) is 3.73. The van der Waals surface area contributed by atoms with Crippen molar-refractivity contribution in [3.8, 4) is 0 Å². The van der Waals surface area contributed by atoms with Gasteiger partial charge in [0.05, 0.1) is 12.7 Å². The lowest BCUT2D eigenvalue weighted by atomic mass is 9.95. The van der Waals surface area contributed by atoms with E-state index in [1.165, 1.54) is 0 Å². The molecule has 1 aromatic rings. The van der Waals surface area contributed by atoms with Crippen molar-refractivity contribution in [1.29, 1.82) is 0 Å². The Labute approximate surface area is 102 Å². The number of halogens is 2. The number of rotatable bonds is 2. The molecule has 1 saturated heterocycles. The smallest absolute Gasteiger partial charge is 0.0851 e. The van der Waals surface area contributed by atoms with Crippen molar-refractivity contribution < 1.29 is 9.84 Å². The van der Waals surface area contributed by atoms with Gasteiger partial charge in [0.2, 0.25) is 0 Å². The van der Waals surface area contributed by atoms with Gasteiger partial charge in [-0.05, 0) is 24.1 Å². The number of aliphatic hydroxyl groups excluding tert-OH is 1. The van der Waals surface area contributed by atoms with E-state index < -0.39 is 6.10 Å². The predicted molar refractivity (Wildman–Crippen MR) is 63.0 cm³/mol. The van der Waals surface area contributed by atoms with Crippen LogP contribution in [0, 0.1) is 5.92 Å². The predicted octanol–water partition coefficient (Wildman–Crippen LogP) is 3.17. The summed E-state index contributed by atoms with van der Waals surface area (Å²) in [6.45, 7) is 1.38. The van der Waals surface area contributed by atoms with Crippen molar-refractivity contribution >= 4 is 27.5 Å². The molecule has 0 bridgehead atoms. The molecule has 2 rings (SSSR count). The van der Waals surface area contributed by atoms with E-state index in [2.05, 4.69) is 15.9 Å². The van der Waals surface area contributed by atoms with Gasteiger partial charge in [0, 0.05) is 22.0 Å². The van der Waals surface area contributed by atoms with Crippen molar-refractivity contribution in [2.45, 2.75) is 12.5 Å². The summed E-state index contributed by atoms with van der Waals surface area (Å²) in [7, 11) is 0.